The summed E-state index contributed by atoms with van der Waals surface area (Å²) in [5, 5.41) is 19.0. The highest BCUT2D eigenvalue weighted by molar-refractivity contribution is 7.99. The van der Waals surface area contributed by atoms with Crippen LogP contribution in [0.25, 0.3) is 5.69 Å². The van der Waals surface area contributed by atoms with Crippen molar-refractivity contribution in [2.75, 3.05) is 12.8 Å². The zero-order chi connectivity index (χ0) is 19.4. The summed E-state index contributed by atoms with van der Waals surface area (Å²) in [6, 6.07) is 8.12. The molecule has 0 saturated heterocycles. The van der Waals surface area contributed by atoms with E-state index in [-0.39, 0.29) is 11.7 Å². The SMILES string of the molecule is Cc1ccc(-n2cnnc2SCC(=O)N(C)C2(C#N)CCCCC2)cc1Cl. The lowest BCUT2D eigenvalue weighted by Crippen LogP contribution is -2.50. The van der Waals surface area contributed by atoms with Crippen LogP contribution in [0.15, 0.2) is 29.7 Å². The second-order valence-electron chi connectivity index (χ2n) is 6.86. The molecule has 1 aliphatic carbocycles. The molecule has 8 heteroatoms. The molecule has 0 aliphatic heterocycles. The fourth-order valence-corrected chi connectivity index (χ4v) is 4.37. The summed E-state index contributed by atoms with van der Waals surface area (Å²) in [5.41, 5.74) is 1.17. The molecule has 0 atom stereocenters. The Bertz CT molecular complexity index is 869. The third-order valence-electron chi connectivity index (χ3n) is 5.18. The number of benzene rings is 1. The first-order chi connectivity index (χ1) is 13.0. The predicted octanol–water partition coefficient (Wildman–Crippen LogP) is 4.01. The van der Waals surface area contributed by atoms with E-state index in [0.29, 0.717) is 10.2 Å². The molecule has 1 saturated carbocycles. The highest BCUT2D eigenvalue weighted by atomic mass is 35.5. The van der Waals surface area contributed by atoms with Crippen molar-refractivity contribution in [1.82, 2.24) is 19.7 Å². The van der Waals surface area contributed by atoms with Crippen LogP contribution < -0.4 is 0 Å². The maximum Gasteiger partial charge on any atom is 0.234 e. The van der Waals surface area contributed by atoms with Crippen molar-refractivity contribution >= 4 is 29.3 Å². The van der Waals surface area contributed by atoms with Crippen molar-refractivity contribution in [2.24, 2.45) is 0 Å². The quantitative estimate of drug-likeness (QED) is 0.705. The Labute approximate surface area is 168 Å². The van der Waals surface area contributed by atoms with Crippen molar-refractivity contribution in [1.29, 1.82) is 5.26 Å². The summed E-state index contributed by atoms with van der Waals surface area (Å²) < 4.78 is 1.81. The monoisotopic (exact) mass is 403 g/mol. The van der Waals surface area contributed by atoms with Gasteiger partial charge in [-0.2, -0.15) is 5.26 Å². The zero-order valence-electron chi connectivity index (χ0n) is 15.5. The minimum Gasteiger partial charge on any atom is -0.326 e. The van der Waals surface area contributed by atoms with Gasteiger partial charge in [0.15, 0.2) is 5.16 Å². The molecule has 0 bridgehead atoms. The van der Waals surface area contributed by atoms with Gasteiger partial charge in [0.2, 0.25) is 5.91 Å². The minimum absolute atomic E-state index is 0.0695. The Kier molecular flexibility index (Phi) is 6.08. The van der Waals surface area contributed by atoms with Gasteiger partial charge in [-0.25, -0.2) is 0 Å². The number of carbonyl (C=O) groups is 1. The molecule has 0 radical (unpaired) electrons. The van der Waals surface area contributed by atoms with Crippen LogP contribution in [0, 0.1) is 18.3 Å². The van der Waals surface area contributed by atoms with E-state index < -0.39 is 5.54 Å². The largest absolute Gasteiger partial charge is 0.326 e. The Morgan fingerprint density at radius 1 is 1.41 bits per heavy atom. The lowest BCUT2D eigenvalue weighted by Gasteiger charge is -2.39. The van der Waals surface area contributed by atoms with E-state index in [1.165, 1.54) is 11.8 Å². The van der Waals surface area contributed by atoms with Crippen molar-refractivity contribution in [2.45, 2.75) is 49.7 Å². The molecule has 1 aromatic heterocycles. The van der Waals surface area contributed by atoms with Gasteiger partial charge in [0, 0.05) is 12.1 Å². The second-order valence-corrected chi connectivity index (χ2v) is 8.21. The standard InChI is InChI=1S/C19H22ClN5OS/c1-14-6-7-15(10-16(14)20)25-13-22-23-18(25)27-11-17(26)24(2)19(12-21)8-4-3-5-9-19/h6-7,10,13H,3-5,8-9,11H2,1-2H3. The topological polar surface area (TPSA) is 74.8 Å². The molecule has 3 rings (SSSR count). The van der Waals surface area contributed by atoms with E-state index in [1.54, 1.807) is 18.3 Å². The minimum atomic E-state index is -0.673. The maximum atomic E-state index is 12.7. The van der Waals surface area contributed by atoms with E-state index in [4.69, 9.17) is 11.6 Å². The molecule has 1 heterocycles. The Balaban J connectivity index is 1.70. The number of amides is 1. The molecule has 1 amide bonds. The number of nitrogens with zero attached hydrogens (tertiary/aromatic N) is 5. The molecule has 0 unspecified atom stereocenters. The summed E-state index contributed by atoms with van der Waals surface area (Å²) in [5.74, 6) is 0.137. The summed E-state index contributed by atoms with van der Waals surface area (Å²) in [7, 11) is 1.74. The molecule has 27 heavy (non-hydrogen) atoms. The molecule has 2 aromatic rings. The molecule has 6 nitrogen and oxygen atoms in total. The van der Waals surface area contributed by atoms with Crippen LogP contribution in [0.4, 0.5) is 0 Å². The third kappa shape index (κ3) is 4.12. The molecular formula is C19H22ClN5OS. The van der Waals surface area contributed by atoms with Gasteiger partial charge < -0.3 is 4.90 Å². The number of carbonyl (C=O) groups excluding carboxylic acids is 1. The van der Waals surface area contributed by atoms with E-state index in [9.17, 15) is 10.1 Å². The summed E-state index contributed by atoms with van der Waals surface area (Å²) in [6.45, 7) is 1.94. The number of aromatic nitrogens is 3. The van der Waals surface area contributed by atoms with Gasteiger partial charge in [-0.15, -0.1) is 10.2 Å². The molecule has 142 valence electrons. The Morgan fingerprint density at radius 2 is 2.15 bits per heavy atom. The predicted molar refractivity (Wildman–Crippen MR) is 106 cm³/mol. The van der Waals surface area contributed by atoms with Crippen LogP contribution in [-0.4, -0.2) is 43.9 Å². The number of nitriles is 1. The molecular weight excluding hydrogens is 382 g/mol. The van der Waals surface area contributed by atoms with E-state index in [2.05, 4.69) is 16.3 Å². The Morgan fingerprint density at radius 3 is 2.81 bits per heavy atom. The van der Waals surface area contributed by atoms with Crippen LogP contribution in [-0.2, 0) is 4.79 Å². The van der Waals surface area contributed by atoms with Gasteiger partial charge in [0.1, 0.15) is 11.9 Å². The fraction of sp³-hybridized carbons (Fsp3) is 0.474. The lowest BCUT2D eigenvalue weighted by molar-refractivity contribution is -0.131. The average molecular weight is 404 g/mol. The smallest absolute Gasteiger partial charge is 0.234 e. The first-order valence-corrected chi connectivity index (χ1v) is 10.3. The molecule has 0 N–H and O–H groups in total. The zero-order valence-corrected chi connectivity index (χ0v) is 17.1. The van der Waals surface area contributed by atoms with E-state index in [1.807, 2.05) is 29.7 Å². The van der Waals surface area contributed by atoms with Crippen LogP contribution in [0.1, 0.15) is 37.7 Å². The first-order valence-electron chi connectivity index (χ1n) is 8.94. The molecule has 0 spiro atoms. The average Bonchev–Trinajstić information content (AvgIpc) is 3.16. The number of hydrogen-bond donors (Lipinski definition) is 0. The van der Waals surface area contributed by atoms with Crippen molar-refractivity contribution in [3.63, 3.8) is 0 Å². The number of halogens is 1. The van der Waals surface area contributed by atoms with Crippen LogP contribution in [0.5, 0.6) is 0 Å². The van der Waals surface area contributed by atoms with Crippen LogP contribution >= 0.6 is 23.4 Å². The van der Waals surface area contributed by atoms with Crippen molar-refractivity contribution in [3.8, 4) is 11.8 Å². The number of thioether (sulfide) groups is 1. The molecule has 1 aromatic carbocycles. The summed E-state index contributed by atoms with van der Waals surface area (Å²) >= 11 is 7.53. The highest BCUT2D eigenvalue weighted by Crippen LogP contribution is 2.33. The Hall–Kier alpha value is -2.04. The molecule has 1 fully saturated rings. The maximum absolute atomic E-state index is 12.7. The number of rotatable bonds is 5. The van der Waals surface area contributed by atoms with Gasteiger partial charge in [0.05, 0.1) is 17.5 Å². The van der Waals surface area contributed by atoms with Crippen LogP contribution in [0.2, 0.25) is 5.02 Å². The van der Waals surface area contributed by atoms with Gasteiger partial charge in [-0.1, -0.05) is 48.7 Å². The van der Waals surface area contributed by atoms with Crippen molar-refractivity contribution in [3.05, 3.63) is 35.1 Å². The van der Waals surface area contributed by atoms with Crippen molar-refractivity contribution < 1.29 is 4.79 Å². The number of hydrogen-bond acceptors (Lipinski definition) is 5. The summed E-state index contributed by atoms with van der Waals surface area (Å²) in [6.07, 6.45) is 6.20. The third-order valence-corrected chi connectivity index (χ3v) is 6.51. The van der Waals surface area contributed by atoms with E-state index >= 15 is 0 Å². The number of aryl methyl sites for hydroxylation is 1. The first kappa shape index (κ1) is 19.7. The normalized spacial score (nSPS) is 15.9. The highest BCUT2D eigenvalue weighted by Gasteiger charge is 2.38. The van der Waals surface area contributed by atoms with E-state index in [0.717, 1.165) is 43.4 Å². The van der Waals surface area contributed by atoms with Gasteiger partial charge in [-0.3, -0.25) is 9.36 Å². The van der Waals surface area contributed by atoms with Crippen LogP contribution in [0.3, 0.4) is 0 Å². The summed E-state index contributed by atoms with van der Waals surface area (Å²) in [4.78, 5) is 14.4. The van der Waals surface area contributed by atoms with Gasteiger partial charge in [-0.05, 0) is 37.5 Å². The fourth-order valence-electron chi connectivity index (χ4n) is 3.35. The van der Waals surface area contributed by atoms with Gasteiger partial charge in [0.25, 0.3) is 0 Å². The van der Waals surface area contributed by atoms with Gasteiger partial charge >= 0.3 is 0 Å². The molecule has 1 aliphatic rings. The second kappa shape index (κ2) is 8.32. The lowest BCUT2D eigenvalue weighted by atomic mass is 9.81.